The SMILES string of the molecule is FCc1ccccc1.[SiH4]. The molecule has 2 heteroatoms. The Kier molecular flexibility index (Phi) is 3.97. The van der Waals surface area contributed by atoms with E-state index in [0.717, 1.165) is 5.56 Å². The average Bonchev–Trinajstić information content (AvgIpc) is 1.90. The summed E-state index contributed by atoms with van der Waals surface area (Å²) in [6, 6.07) is 9.06. The monoisotopic (exact) mass is 142 g/mol. The summed E-state index contributed by atoms with van der Waals surface area (Å²) in [4.78, 5) is 0. The smallest absolute Gasteiger partial charge is 0.115 e. The minimum atomic E-state index is -0.360. The molecule has 0 fully saturated rings. The van der Waals surface area contributed by atoms with Gasteiger partial charge in [0.25, 0.3) is 0 Å². The van der Waals surface area contributed by atoms with Crippen molar-refractivity contribution in [1.82, 2.24) is 0 Å². The number of hydrogen-bond acceptors (Lipinski definition) is 0. The van der Waals surface area contributed by atoms with Gasteiger partial charge in [0.15, 0.2) is 0 Å². The molecule has 0 spiro atoms. The zero-order valence-electron chi connectivity index (χ0n) is 4.47. The van der Waals surface area contributed by atoms with E-state index in [1.165, 1.54) is 0 Å². The number of hydrogen-bond donors (Lipinski definition) is 0. The van der Waals surface area contributed by atoms with Crippen LogP contribution < -0.4 is 0 Å². The van der Waals surface area contributed by atoms with Crippen molar-refractivity contribution in [2.45, 2.75) is 6.67 Å². The Bertz CT molecular complexity index is 150. The predicted molar refractivity (Wildman–Crippen MR) is 42.6 cm³/mol. The van der Waals surface area contributed by atoms with Gasteiger partial charge in [-0.15, -0.1) is 0 Å². The molecule has 0 radical (unpaired) electrons. The molecule has 0 aliphatic heterocycles. The van der Waals surface area contributed by atoms with Crippen LogP contribution in [0.25, 0.3) is 0 Å². The van der Waals surface area contributed by atoms with Crippen LogP contribution in [0.1, 0.15) is 5.56 Å². The van der Waals surface area contributed by atoms with Crippen LogP contribution in [0.5, 0.6) is 0 Å². The van der Waals surface area contributed by atoms with Gasteiger partial charge in [0.05, 0.1) is 0 Å². The Morgan fingerprint density at radius 3 is 2.00 bits per heavy atom. The van der Waals surface area contributed by atoms with Crippen molar-refractivity contribution >= 4 is 11.0 Å². The highest BCUT2D eigenvalue weighted by molar-refractivity contribution is 5.75. The van der Waals surface area contributed by atoms with Gasteiger partial charge in [0, 0.05) is 0 Å². The largest absolute Gasteiger partial charge is 0.246 e. The maximum absolute atomic E-state index is 11.7. The first-order valence-corrected chi connectivity index (χ1v) is 2.53. The molecule has 0 saturated carbocycles. The van der Waals surface area contributed by atoms with Crippen LogP contribution in [-0.2, 0) is 6.67 Å². The van der Waals surface area contributed by atoms with Crippen molar-refractivity contribution in [3.05, 3.63) is 35.9 Å². The maximum Gasteiger partial charge on any atom is 0.115 e. The minimum Gasteiger partial charge on any atom is -0.246 e. The van der Waals surface area contributed by atoms with E-state index in [1.54, 1.807) is 12.1 Å². The quantitative estimate of drug-likeness (QED) is 0.506. The van der Waals surface area contributed by atoms with Crippen molar-refractivity contribution in [2.75, 3.05) is 0 Å². The molecule has 1 rings (SSSR count). The number of halogens is 1. The van der Waals surface area contributed by atoms with Crippen molar-refractivity contribution in [1.29, 1.82) is 0 Å². The Labute approximate surface area is 58.7 Å². The van der Waals surface area contributed by atoms with Crippen molar-refractivity contribution in [2.24, 2.45) is 0 Å². The van der Waals surface area contributed by atoms with Gasteiger partial charge in [-0.3, -0.25) is 0 Å². The molecule has 0 unspecified atom stereocenters. The molecule has 0 N–H and O–H groups in total. The van der Waals surface area contributed by atoms with E-state index in [1.807, 2.05) is 18.2 Å². The Morgan fingerprint density at radius 2 is 1.67 bits per heavy atom. The molecule has 0 aliphatic rings. The molecule has 0 atom stereocenters. The van der Waals surface area contributed by atoms with Gasteiger partial charge in [0.2, 0.25) is 0 Å². The van der Waals surface area contributed by atoms with Crippen molar-refractivity contribution < 1.29 is 4.39 Å². The molecule has 0 aromatic heterocycles. The van der Waals surface area contributed by atoms with Gasteiger partial charge < -0.3 is 0 Å². The second-order valence-corrected chi connectivity index (χ2v) is 1.62. The van der Waals surface area contributed by atoms with Crippen molar-refractivity contribution in [3.63, 3.8) is 0 Å². The van der Waals surface area contributed by atoms with Crippen LogP contribution in [0.3, 0.4) is 0 Å². The molecule has 0 nitrogen and oxygen atoms in total. The maximum atomic E-state index is 11.7. The lowest BCUT2D eigenvalue weighted by atomic mass is 10.2. The van der Waals surface area contributed by atoms with Gasteiger partial charge in [-0.1, -0.05) is 30.3 Å². The molecule has 9 heavy (non-hydrogen) atoms. The van der Waals surface area contributed by atoms with E-state index in [-0.39, 0.29) is 17.6 Å². The number of benzene rings is 1. The first-order chi connectivity index (χ1) is 3.93. The van der Waals surface area contributed by atoms with Crippen LogP contribution in [0.2, 0.25) is 0 Å². The van der Waals surface area contributed by atoms with Gasteiger partial charge >= 0.3 is 0 Å². The highest BCUT2D eigenvalue weighted by Crippen LogP contribution is 1.98. The van der Waals surface area contributed by atoms with E-state index in [2.05, 4.69) is 0 Å². The first kappa shape index (κ1) is 8.37. The lowest BCUT2D eigenvalue weighted by Crippen LogP contribution is -1.72. The Morgan fingerprint density at radius 1 is 1.11 bits per heavy atom. The fourth-order valence-electron chi connectivity index (χ4n) is 0.567. The third kappa shape index (κ3) is 2.42. The van der Waals surface area contributed by atoms with Gasteiger partial charge in [-0.05, 0) is 16.5 Å². The lowest BCUT2D eigenvalue weighted by molar-refractivity contribution is 0.485. The molecule has 50 valence electrons. The highest BCUT2D eigenvalue weighted by Gasteiger charge is 1.82. The highest BCUT2D eigenvalue weighted by atomic mass is 28.1. The van der Waals surface area contributed by atoms with Crippen LogP contribution in [0, 0.1) is 0 Å². The Balaban J connectivity index is 0.000000640. The van der Waals surface area contributed by atoms with Crippen molar-refractivity contribution in [3.8, 4) is 0 Å². The topological polar surface area (TPSA) is 0 Å². The Hall–Kier alpha value is -0.633. The average molecular weight is 142 g/mol. The molecule has 1 aromatic rings. The molecule has 0 heterocycles. The van der Waals surface area contributed by atoms with Crippen LogP contribution in [-0.4, -0.2) is 11.0 Å². The lowest BCUT2D eigenvalue weighted by Gasteiger charge is -1.87. The summed E-state index contributed by atoms with van der Waals surface area (Å²) >= 11 is 0. The van der Waals surface area contributed by atoms with Crippen LogP contribution in [0.15, 0.2) is 30.3 Å². The van der Waals surface area contributed by atoms with Crippen LogP contribution >= 0.6 is 0 Å². The van der Waals surface area contributed by atoms with E-state index in [9.17, 15) is 4.39 Å². The second kappa shape index (κ2) is 4.27. The summed E-state index contributed by atoms with van der Waals surface area (Å²) in [5.74, 6) is 0. The summed E-state index contributed by atoms with van der Waals surface area (Å²) in [6.07, 6.45) is 0. The standard InChI is InChI=1S/C7H7F.H4Si/c8-6-7-4-2-1-3-5-7;/h1-5H,6H2;1H4. The molecule has 0 aliphatic carbocycles. The van der Waals surface area contributed by atoms with Gasteiger partial charge in [-0.2, -0.15) is 0 Å². The number of alkyl halides is 1. The third-order valence-corrected chi connectivity index (χ3v) is 0.997. The van der Waals surface area contributed by atoms with E-state index >= 15 is 0 Å². The molecule has 1 aromatic carbocycles. The first-order valence-electron chi connectivity index (χ1n) is 2.53. The zero-order valence-corrected chi connectivity index (χ0v) is 4.47. The van der Waals surface area contributed by atoms with E-state index in [0.29, 0.717) is 0 Å². The third-order valence-electron chi connectivity index (χ3n) is 0.997. The molecule has 0 bridgehead atoms. The summed E-state index contributed by atoms with van der Waals surface area (Å²) in [5.41, 5.74) is 0.743. The van der Waals surface area contributed by atoms with Gasteiger partial charge in [0.1, 0.15) is 6.67 Å². The summed E-state index contributed by atoms with van der Waals surface area (Å²) in [7, 11) is 0. The molecule has 0 saturated heterocycles. The summed E-state index contributed by atoms with van der Waals surface area (Å²) in [6.45, 7) is -0.360. The summed E-state index contributed by atoms with van der Waals surface area (Å²) < 4.78 is 11.7. The minimum absolute atomic E-state index is 0. The predicted octanol–water partition coefficient (Wildman–Crippen LogP) is 0.704. The molecule has 0 amide bonds. The zero-order chi connectivity index (χ0) is 5.82. The van der Waals surface area contributed by atoms with Gasteiger partial charge in [-0.25, -0.2) is 4.39 Å². The molecular formula is C7H11FSi. The van der Waals surface area contributed by atoms with Crippen LogP contribution in [0.4, 0.5) is 4.39 Å². The summed E-state index contributed by atoms with van der Waals surface area (Å²) in [5, 5.41) is 0. The second-order valence-electron chi connectivity index (χ2n) is 1.62. The van der Waals surface area contributed by atoms with E-state index in [4.69, 9.17) is 0 Å². The fourth-order valence-corrected chi connectivity index (χ4v) is 0.567. The number of rotatable bonds is 1. The fraction of sp³-hybridized carbons (Fsp3) is 0.143. The normalized spacial score (nSPS) is 8.11. The van der Waals surface area contributed by atoms with E-state index < -0.39 is 0 Å². The molecular weight excluding hydrogens is 131 g/mol.